The zero-order valence-corrected chi connectivity index (χ0v) is 8.29. The fourth-order valence-electron chi connectivity index (χ4n) is 1.04. The van der Waals surface area contributed by atoms with Crippen molar-refractivity contribution in [1.29, 1.82) is 0 Å². The van der Waals surface area contributed by atoms with Gasteiger partial charge >= 0.3 is 0 Å². The van der Waals surface area contributed by atoms with Crippen LogP contribution in [0.5, 0.6) is 0 Å². The maximum absolute atomic E-state index is 13.0. The van der Waals surface area contributed by atoms with E-state index in [2.05, 4.69) is 10.3 Å². The summed E-state index contributed by atoms with van der Waals surface area (Å²) >= 11 is 0. The van der Waals surface area contributed by atoms with Gasteiger partial charge in [0.25, 0.3) is 0 Å². The van der Waals surface area contributed by atoms with Crippen molar-refractivity contribution in [1.82, 2.24) is 4.98 Å². The molecule has 0 spiro atoms. The molecular weight excluding hydrogens is 183 g/mol. The number of hydrogen-bond acceptors (Lipinski definition) is 3. The van der Waals surface area contributed by atoms with E-state index in [9.17, 15) is 4.39 Å². The van der Waals surface area contributed by atoms with Crippen molar-refractivity contribution in [3.8, 4) is 0 Å². The average Bonchev–Trinajstić information content (AvgIpc) is 2.20. The number of nitrogens with one attached hydrogen (secondary N) is 1. The third-order valence-electron chi connectivity index (χ3n) is 1.72. The minimum atomic E-state index is -0.316. The molecule has 0 radical (unpaired) electrons. The Balaban J connectivity index is 2.21. The van der Waals surface area contributed by atoms with Gasteiger partial charge in [-0.1, -0.05) is 0 Å². The van der Waals surface area contributed by atoms with E-state index in [0.717, 1.165) is 13.0 Å². The Hall–Kier alpha value is -1.16. The molecule has 1 aromatic heterocycles. The van der Waals surface area contributed by atoms with Crippen LogP contribution in [0.2, 0.25) is 0 Å². The molecule has 1 aromatic rings. The fourth-order valence-corrected chi connectivity index (χ4v) is 1.04. The van der Waals surface area contributed by atoms with Gasteiger partial charge in [-0.05, 0) is 25.5 Å². The molecule has 0 atom stereocenters. The lowest BCUT2D eigenvalue weighted by Gasteiger charge is -2.05. The molecule has 1 heterocycles. The van der Waals surface area contributed by atoms with Crippen molar-refractivity contribution in [2.45, 2.75) is 13.3 Å². The number of anilines is 1. The second kappa shape index (κ2) is 6.32. The number of ether oxygens (including phenoxy) is 1. The highest BCUT2D eigenvalue weighted by Crippen LogP contribution is 2.07. The molecule has 0 amide bonds. The largest absolute Gasteiger partial charge is 0.382 e. The lowest BCUT2D eigenvalue weighted by molar-refractivity contribution is 0.147. The summed E-state index contributed by atoms with van der Waals surface area (Å²) in [5.41, 5.74) is 0. The van der Waals surface area contributed by atoms with Crippen molar-refractivity contribution in [3.63, 3.8) is 0 Å². The van der Waals surface area contributed by atoms with Gasteiger partial charge in [-0.15, -0.1) is 0 Å². The lowest BCUT2D eigenvalue weighted by atomic mass is 10.4. The first-order valence-electron chi connectivity index (χ1n) is 4.76. The first kappa shape index (κ1) is 10.9. The van der Waals surface area contributed by atoms with E-state index in [1.807, 2.05) is 6.92 Å². The summed E-state index contributed by atoms with van der Waals surface area (Å²) in [6, 6.07) is 2.96. The Morgan fingerprint density at radius 2 is 2.43 bits per heavy atom. The van der Waals surface area contributed by atoms with Crippen molar-refractivity contribution in [2.24, 2.45) is 0 Å². The first-order chi connectivity index (χ1) is 6.84. The maximum Gasteiger partial charge on any atom is 0.165 e. The highest BCUT2D eigenvalue weighted by Gasteiger charge is 1.99. The molecule has 0 saturated heterocycles. The van der Waals surface area contributed by atoms with Gasteiger partial charge in [0.05, 0.1) is 0 Å². The van der Waals surface area contributed by atoms with Crippen molar-refractivity contribution < 1.29 is 9.13 Å². The van der Waals surface area contributed by atoms with E-state index in [4.69, 9.17) is 4.74 Å². The molecule has 4 heteroatoms. The van der Waals surface area contributed by atoms with Crippen LogP contribution in [-0.2, 0) is 4.74 Å². The van der Waals surface area contributed by atoms with E-state index in [0.29, 0.717) is 19.0 Å². The summed E-state index contributed by atoms with van der Waals surface area (Å²) in [5.74, 6) is -0.00657. The first-order valence-corrected chi connectivity index (χ1v) is 4.76. The number of pyridine rings is 1. The SMILES string of the molecule is CCOCCCNc1ncccc1F. The Morgan fingerprint density at radius 1 is 1.57 bits per heavy atom. The molecule has 0 bridgehead atoms. The third-order valence-corrected chi connectivity index (χ3v) is 1.72. The van der Waals surface area contributed by atoms with Crippen LogP contribution < -0.4 is 5.32 Å². The van der Waals surface area contributed by atoms with Crippen LogP contribution in [0.15, 0.2) is 18.3 Å². The minimum Gasteiger partial charge on any atom is -0.382 e. The number of nitrogens with zero attached hydrogens (tertiary/aromatic N) is 1. The van der Waals surface area contributed by atoms with Crippen LogP contribution in [0.3, 0.4) is 0 Å². The molecule has 0 aliphatic heterocycles. The predicted molar refractivity (Wildman–Crippen MR) is 53.8 cm³/mol. The minimum absolute atomic E-state index is 0.309. The van der Waals surface area contributed by atoms with Crippen LogP contribution in [0.25, 0.3) is 0 Å². The quantitative estimate of drug-likeness (QED) is 0.710. The smallest absolute Gasteiger partial charge is 0.165 e. The summed E-state index contributed by atoms with van der Waals surface area (Å²) in [6.07, 6.45) is 2.41. The Kier molecular flexibility index (Phi) is 4.93. The van der Waals surface area contributed by atoms with Gasteiger partial charge < -0.3 is 10.1 Å². The molecule has 0 saturated carbocycles. The highest BCUT2D eigenvalue weighted by molar-refractivity contribution is 5.35. The standard InChI is InChI=1S/C10H15FN2O/c1-2-14-8-4-7-13-10-9(11)5-3-6-12-10/h3,5-6H,2,4,7-8H2,1H3,(H,12,13). The van der Waals surface area contributed by atoms with Gasteiger partial charge in [0.2, 0.25) is 0 Å². The normalized spacial score (nSPS) is 10.1. The molecule has 1 rings (SSSR count). The Bertz CT molecular complexity index is 268. The van der Waals surface area contributed by atoms with Gasteiger partial charge in [-0.3, -0.25) is 0 Å². The molecule has 0 unspecified atom stereocenters. The molecule has 3 nitrogen and oxygen atoms in total. The van der Waals surface area contributed by atoms with E-state index >= 15 is 0 Å². The van der Waals surface area contributed by atoms with E-state index in [1.165, 1.54) is 6.07 Å². The van der Waals surface area contributed by atoms with Crippen LogP contribution in [-0.4, -0.2) is 24.7 Å². The Morgan fingerprint density at radius 3 is 3.14 bits per heavy atom. The average molecular weight is 198 g/mol. The molecule has 0 fully saturated rings. The fraction of sp³-hybridized carbons (Fsp3) is 0.500. The molecule has 78 valence electrons. The molecule has 0 aromatic carbocycles. The van der Waals surface area contributed by atoms with Gasteiger partial charge in [-0.2, -0.15) is 0 Å². The van der Waals surface area contributed by atoms with Crippen LogP contribution in [0.4, 0.5) is 10.2 Å². The molecule has 14 heavy (non-hydrogen) atoms. The van der Waals surface area contributed by atoms with Gasteiger partial charge in [0.15, 0.2) is 11.6 Å². The molecule has 0 aliphatic carbocycles. The predicted octanol–water partition coefficient (Wildman–Crippen LogP) is 2.06. The van der Waals surface area contributed by atoms with E-state index < -0.39 is 0 Å². The maximum atomic E-state index is 13.0. The number of halogens is 1. The number of aromatic nitrogens is 1. The zero-order chi connectivity index (χ0) is 10.2. The molecule has 0 aliphatic rings. The lowest BCUT2D eigenvalue weighted by Crippen LogP contribution is -2.08. The Labute approximate surface area is 83.3 Å². The van der Waals surface area contributed by atoms with Crippen molar-refractivity contribution in [2.75, 3.05) is 25.1 Å². The topological polar surface area (TPSA) is 34.1 Å². The van der Waals surface area contributed by atoms with Crippen LogP contribution in [0, 0.1) is 5.82 Å². The second-order valence-corrected chi connectivity index (χ2v) is 2.81. The van der Waals surface area contributed by atoms with Gasteiger partial charge in [0.1, 0.15) is 0 Å². The number of hydrogen-bond donors (Lipinski definition) is 1. The third kappa shape index (κ3) is 3.70. The summed E-state index contributed by atoms with van der Waals surface area (Å²) in [7, 11) is 0. The van der Waals surface area contributed by atoms with Crippen molar-refractivity contribution in [3.05, 3.63) is 24.1 Å². The zero-order valence-electron chi connectivity index (χ0n) is 8.29. The number of rotatable bonds is 6. The second-order valence-electron chi connectivity index (χ2n) is 2.81. The summed E-state index contributed by atoms with van der Waals surface area (Å²) in [6.45, 7) is 4.04. The monoisotopic (exact) mass is 198 g/mol. The summed E-state index contributed by atoms with van der Waals surface area (Å²) in [5, 5.41) is 2.91. The molecule has 1 N–H and O–H groups in total. The summed E-state index contributed by atoms with van der Waals surface area (Å²) < 4.78 is 18.2. The van der Waals surface area contributed by atoms with Crippen molar-refractivity contribution >= 4 is 5.82 Å². The molecular formula is C10H15FN2O. The van der Waals surface area contributed by atoms with E-state index in [1.54, 1.807) is 12.3 Å². The van der Waals surface area contributed by atoms with Gasteiger partial charge in [0, 0.05) is 26.0 Å². The van der Waals surface area contributed by atoms with Crippen LogP contribution in [0.1, 0.15) is 13.3 Å². The van der Waals surface area contributed by atoms with Crippen LogP contribution >= 0.6 is 0 Å². The highest BCUT2D eigenvalue weighted by atomic mass is 19.1. The van der Waals surface area contributed by atoms with E-state index in [-0.39, 0.29) is 5.82 Å². The van der Waals surface area contributed by atoms with Gasteiger partial charge in [-0.25, -0.2) is 9.37 Å². The summed E-state index contributed by atoms with van der Waals surface area (Å²) in [4.78, 5) is 3.87.